The van der Waals surface area contributed by atoms with E-state index < -0.39 is 0 Å². The summed E-state index contributed by atoms with van der Waals surface area (Å²) in [6.45, 7) is 6.30. The summed E-state index contributed by atoms with van der Waals surface area (Å²) >= 11 is 0. The molecule has 0 fully saturated rings. The molecule has 0 aliphatic carbocycles. The highest BCUT2D eigenvalue weighted by atomic mass is 15.3. The second-order valence-corrected chi connectivity index (χ2v) is 4.83. The lowest BCUT2D eigenvalue weighted by Gasteiger charge is -2.16. The van der Waals surface area contributed by atoms with Crippen molar-refractivity contribution in [2.75, 3.05) is 0 Å². The molecule has 5 nitrogen and oxygen atoms in total. The third-order valence-corrected chi connectivity index (χ3v) is 3.12. The molecule has 1 unspecified atom stereocenters. The van der Waals surface area contributed by atoms with Gasteiger partial charge in [-0.15, -0.1) is 0 Å². The Morgan fingerprint density at radius 2 is 2.11 bits per heavy atom. The van der Waals surface area contributed by atoms with E-state index in [0.717, 1.165) is 23.4 Å². The van der Waals surface area contributed by atoms with E-state index in [9.17, 15) is 0 Å². The van der Waals surface area contributed by atoms with Crippen LogP contribution in [0, 0.1) is 0 Å². The van der Waals surface area contributed by atoms with Crippen LogP contribution in [-0.2, 0) is 13.5 Å². The molecule has 98 valence electrons. The first-order valence-electron chi connectivity index (χ1n) is 6.36. The van der Waals surface area contributed by atoms with Crippen LogP contribution < -0.4 is 5.73 Å². The first-order chi connectivity index (χ1) is 8.54. The van der Waals surface area contributed by atoms with E-state index in [4.69, 9.17) is 5.73 Å². The van der Waals surface area contributed by atoms with Gasteiger partial charge in [0.1, 0.15) is 0 Å². The minimum atomic E-state index is -0.168. The molecule has 2 aromatic rings. The van der Waals surface area contributed by atoms with Crippen LogP contribution in [0.3, 0.4) is 0 Å². The van der Waals surface area contributed by atoms with Crippen molar-refractivity contribution in [3.8, 4) is 0 Å². The highest BCUT2D eigenvalue weighted by molar-refractivity contribution is 5.29. The molecule has 2 aromatic heterocycles. The summed E-state index contributed by atoms with van der Waals surface area (Å²) in [7, 11) is 1.93. The predicted molar refractivity (Wildman–Crippen MR) is 71.2 cm³/mol. The highest BCUT2D eigenvalue weighted by Gasteiger charge is 2.20. The highest BCUT2D eigenvalue weighted by Crippen LogP contribution is 2.24. The van der Waals surface area contributed by atoms with Gasteiger partial charge < -0.3 is 5.73 Å². The van der Waals surface area contributed by atoms with Crippen molar-refractivity contribution in [3.63, 3.8) is 0 Å². The fourth-order valence-corrected chi connectivity index (χ4v) is 2.25. The third-order valence-electron chi connectivity index (χ3n) is 3.12. The van der Waals surface area contributed by atoms with Crippen molar-refractivity contribution in [1.82, 2.24) is 19.6 Å². The van der Waals surface area contributed by atoms with Crippen molar-refractivity contribution in [2.24, 2.45) is 12.8 Å². The molecule has 0 saturated carbocycles. The van der Waals surface area contributed by atoms with Crippen LogP contribution in [0.5, 0.6) is 0 Å². The lowest BCUT2D eigenvalue weighted by molar-refractivity contribution is 0.499. The van der Waals surface area contributed by atoms with Gasteiger partial charge in [0.05, 0.1) is 17.4 Å². The van der Waals surface area contributed by atoms with E-state index in [1.165, 1.54) is 0 Å². The zero-order valence-corrected chi connectivity index (χ0v) is 11.5. The molecule has 0 spiro atoms. The quantitative estimate of drug-likeness (QED) is 0.896. The zero-order chi connectivity index (χ0) is 13.3. The van der Waals surface area contributed by atoms with Gasteiger partial charge in [0.25, 0.3) is 0 Å². The number of rotatable bonds is 4. The van der Waals surface area contributed by atoms with Crippen LogP contribution in [0.25, 0.3) is 0 Å². The van der Waals surface area contributed by atoms with Crippen molar-refractivity contribution in [2.45, 2.75) is 39.3 Å². The Hall–Kier alpha value is -1.62. The number of aromatic nitrogens is 4. The van der Waals surface area contributed by atoms with Crippen LogP contribution in [0.4, 0.5) is 0 Å². The Bertz CT molecular complexity index is 523. The number of hydrogen-bond acceptors (Lipinski definition) is 3. The fraction of sp³-hybridized carbons (Fsp3) is 0.538. The lowest BCUT2D eigenvalue weighted by atomic mass is 10.0. The van der Waals surface area contributed by atoms with Gasteiger partial charge in [-0.2, -0.15) is 10.2 Å². The summed E-state index contributed by atoms with van der Waals surface area (Å²) in [6.07, 6.45) is 4.69. The van der Waals surface area contributed by atoms with Gasteiger partial charge in [0.2, 0.25) is 0 Å². The Balaban J connectivity index is 2.41. The molecule has 0 radical (unpaired) electrons. The standard InChI is InChI=1S/C13H21N5/c1-5-11-10(8-17(4)16-11)13(14)12-6-7-15-18(12)9(2)3/h6-9,13H,5,14H2,1-4H3. The SMILES string of the molecule is CCc1nn(C)cc1C(N)c1ccnn1C(C)C. The number of hydrogen-bond donors (Lipinski definition) is 1. The zero-order valence-electron chi connectivity index (χ0n) is 11.5. The normalized spacial score (nSPS) is 13.2. The van der Waals surface area contributed by atoms with Crippen molar-refractivity contribution >= 4 is 0 Å². The van der Waals surface area contributed by atoms with E-state index >= 15 is 0 Å². The summed E-state index contributed by atoms with van der Waals surface area (Å²) in [4.78, 5) is 0. The molecular formula is C13H21N5. The molecule has 0 saturated heterocycles. The maximum Gasteiger partial charge on any atom is 0.0757 e. The summed E-state index contributed by atoms with van der Waals surface area (Å²) in [5, 5.41) is 8.78. The second-order valence-electron chi connectivity index (χ2n) is 4.83. The molecule has 2 N–H and O–H groups in total. The minimum Gasteiger partial charge on any atom is -0.319 e. The van der Waals surface area contributed by atoms with E-state index in [2.05, 4.69) is 31.0 Å². The van der Waals surface area contributed by atoms with Crippen molar-refractivity contribution < 1.29 is 0 Å². The number of nitrogens with zero attached hydrogens (tertiary/aromatic N) is 4. The Morgan fingerprint density at radius 1 is 1.39 bits per heavy atom. The molecule has 0 aliphatic heterocycles. The van der Waals surface area contributed by atoms with Gasteiger partial charge in [0.15, 0.2) is 0 Å². The lowest BCUT2D eigenvalue weighted by Crippen LogP contribution is -2.19. The van der Waals surface area contributed by atoms with Crippen molar-refractivity contribution in [3.05, 3.63) is 35.4 Å². The Labute approximate surface area is 108 Å². The average Bonchev–Trinajstić information content (AvgIpc) is 2.93. The van der Waals surface area contributed by atoms with E-state index in [1.54, 1.807) is 6.20 Å². The summed E-state index contributed by atoms with van der Waals surface area (Å²) in [5.74, 6) is 0. The molecule has 2 rings (SSSR count). The molecule has 0 aromatic carbocycles. The van der Waals surface area contributed by atoms with Crippen LogP contribution >= 0.6 is 0 Å². The van der Waals surface area contributed by atoms with Crippen LogP contribution in [0.15, 0.2) is 18.5 Å². The molecule has 2 heterocycles. The van der Waals surface area contributed by atoms with Gasteiger partial charge in [-0.25, -0.2) is 0 Å². The van der Waals surface area contributed by atoms with Crippen LogP contribution in [0.2, 0.25) is 0 Å². The Kier molecular flexibility index (Phi) is 3.52. The van der Waals surface area contributed by atoms with Crippen LogP contribution in [0.1, 0.15) is 49.8 Å². The number of nitrogens with two attached hydrogens (primary N) is 1. The fourth-order valence-electron chi connectivity index (χ4n) is 2.25. The van der Waals surface area contributed by atoms with E-state index in [1.807, 2.05) is 28.7 Å². The topological polar surface area (TPSA) is 61.7 Å². The first kappa shape index (κ1) is 12.8. The smallest absolute Gasteiger partial charge is 0.0757 e. The average molecular weight is 247 g/mol. The predicted octanol–water partition coefficient (Wildman–Crippen LogP) is 1.81. The van der Waals surface area contributed by atoms with Gasteiger partial charge in [-0.05, 0) is 26.3 Å². The van der Waals surface area contributed by atoms with Crippen LogP contribution in [-0.4, -0.2) is 19.6 Å². The van der Waals surface area contributed by atoms with E-state index in [-0.39, 0.29) is 6.04 Å². The third kappa shape index (κ3) is 2.18. The summed E-state index contributed by atoms with van der Waals surface area (Å²) in [6, 6.07) is 2.12. The largest absolute Gasteiger partial charge is 0.319 e. The van der Waals surface area contributed by atoms with E-state index in [0.29, 0.717) is 6.04 Å². The molecular weight excluding hydrogens is 226 g/mol. The maximum atomic E-state index is 6.37. The summed E-state index contributed by atoms with van der Waals surface area (Å²) in [5.41, 5.74) is 9.55. The summed E-state index contributed by atoms with van der Waals surface area (Å²) < 4.78 is 3.79. The second kappa shape index (κ2) is 4.94. The monoisotopic (exact) mass is 247 g/mol. The first-order valence-corrected chi connectivity index (χ1v) is 6.36. The molecule has 5 heteroatoms. The molecule has 0 aliphatic rings. The number of aryl methyl sites for hydroxylation is 2. The molecule has 18 heavy (non-hydrogen) atoms. The molecule has 0 amide bonds. The minimum absolute atomic E-state index is 0.168. The van der Waals surface area contributed by atoms with Gasteiger partial charge in [0, 0.05) is 31.0 Å². The van der Waals surface area contributed by atoms with Gasteiger partial charge in [-0.3, -0.25) is 9.36 Å². The van der Waals surface area contributed by atoms with Gasteiger partial charge >= 0.3 is 0 Å². The van der Waals surface area contributed by atoms with Gasteiger partial charge in [-0.1, -0.05) is 6.92 Å². The molecule has 1 atom stereocenters. The van der Waals surface area contributed by atoms with Crippen molar-refractivity contribution in [1.29, 1.82) is 0 Å². The Morgan fingerprint density at radius 3 is 2.72 bits per heavy atom. The maximum absolute atomic E-state index is 6.37. The molecule has 0 bridgehead atoms.